The molecule has 0 aromatic heterocycles. The van der Waals surface area contributed by atoms with Crippen LogP contribution >= 0.6 is 11.8 Å². The molecule has 2 N–H and O–H groups in total. The van der Waals surface area contributed by atoms with Crippen LogP contribution in [0.1, 0.15) is 10.4 Å². The molecule has 1 aliphatic heterocycles. The zero-order valence-corrected chi connectivity index (χ0v) is 11.4. The zero-order chi connectivity index (χ0) is 14.5. The minimum absolute atomic E-state index is 0.196. The quantitative estimate of drug-likeness (QED) is 0.839. The van der Waals surface area contributed by atoms with Gasteiger partial charge in [0.15, 0.2) is 0 Å². The van der Waals surface area contributed by atoms with Crippen molar-refractivity contribution in [2.24, 2.45) is 0 Å². The lowest BCUT2D eigenvalue weighted by molar-refractivity contribution is -0.147. The molecule has 1 aromatic rings. The van der Waals surface area contributed by atoms with Crippen LogP contribution in [0.5, 0.6) is 0 Å². The monoisotopic (exact) mass is 294 g/mol. The van der Waals surface area contributed by atoms with Gasteiger partial charge in [-0.25, -0.2) is 4.79 Å². The molecular formula is C13H14N2O4S. The van der Waals surface area contributed by atoms with Gasteiger partial charge in [0.1, 0.15) is 6.04 Å². The van der Waals surface area contributed by atoms with Crippen molar-refractivity contribution < 1.29 is 19.5 Å². The summed E-state index contributed by atoms with van der Waals surface area (Å²) < 4.78 is 0. The van der Waals surface area contributed by atoms with Gasteiger partial charge in [0, 0.05) is 11.3 Å². The van der Waals surface area contributed by atoms with Crippen molar-refractivity contribution in [1.82, 2.24) is 10.2 Å². The average Bonchev–Trinajstić information content (AvgIpc) is 2.95. The number of carboxylic acids is 1. The number of carboxylic acid groups (broad SMARTS) is 1. The maximum absolute atomic E-state index is 11.9. The Bertz CT molecular complexity index is 520. The van der Waals surface area contributed by atoms with Gasteiger partial charge in [-0.1, -0.05) is 18.2 Å². The van der Waals surface area contributed by atoms with Crippen molar-refractivity contribution in [3.05, 3.63) is 35.9 Å². The molecule has 1 unspecified atom stereocenters. The average molecular weight is 294 g/mol. The first-order valence-corrected chi connectivity index (χ1v) is 7.18. The first-order chi connectivity index (χ1) is 9.59. The summed E-state index contributed by atoms with van der Waals surface area (Å²) in [5.41, 5.74) is 0.464. The molecule has 0 bridgehead atoms. The SMILES string of the molecule is O=C(NCC(=O)N1CSCC1C(=O)O)c1ccccc1. The van der Waals surface area contributed by atoms with Crippen LogP contribution in [0.2, 0.25) is 0 Å². The summed E-state index contributed by atoms with van der Waals surface area (Å²) >= 11 is 1.39. The largest absolute Gasteiger partial charge is 0.480 e. The summed E-state index contributed by atoms with van der Waals surface area (Å²) in [4.78, 5) is 36.0. The van der Waals surface area contributed by atoms with Gasteiger partial charge in [0.25, 0.3) is 5.91 Å². The van der Waals surface area contributed by atoms with Crippen LogP contribution in [0, 0.1) is 0 Å². The minimum Gasteiger partial charge on any atom is -0.480 e. The number of amides is 2. The summed E-state index contributed by atoms with van der Waals surface area (Å²) in [6.45, 7) is -0.196. The second kappa shape index (κ2) is 6.42. The minimum atomic E-state index is -1.02. The number of carbonyl (C=O) groups excluding carboxylic acids is 2. The molecule has 1 saturated heterocycles. The molecule has 1 atom stereocenters. The van der Waals surface area contributed by atoms with Gasteiger partial charge in [0.2, 0.25) is 5.91 Å². The molecule has 7 heteroatoms. The van der Waals surface area contributed by atoms with Crippen LogP contribution in [0.15, 0.2) is 30.3 Å². The number of carbonyl (C=O) groups is 3. The summed E-state index contributed by atoms with van der Waals surface area (Å²) in [6, 6.07) is 7.74. The van der Waals surface area contributed by atoms with Gasteiger partial charge in [0.05, 0.1) is 12.4 Å². The van der Waals surface area contributed by atoms with Crippen LogP contribution in [0.25, 0.3) is 0 Å². The number of rotatable bonds is 4. The highest BCUT2D eigenvalue weighted by molar-refractivity contribution is 7.99. The van der Waals surface area contributed by atoms with Gasteiger partial charge in [-0.2, -0.15) is 0 Å². The predicted molar refractivity (Wildman–Crippen MR) is 74.4 cm³/mol. The lowest BCUT2D eigenvalue weighted by Crippen LogP contribution is -2.46. The Morgan fingerprint density at radius 1 is 1.30 bits per heavy atom. The molecule has 2 amide bonds. The van der Waals surface area contributed by atoms with Gasteiger partial charge in [-0.3, -0.25) is 9.59 Å². The fourth-order valence-electron chi connectivity index (χ4n) is 1.84. The van der Waals surface area contributed by atoms with Crippen molar-refractivity contribution in [3.8, 4) is 0 Å². The first-order valence-electron chi connectivity index (χ1n) is 6.03. The highest BCUT2D eigenvalue weighted by Gasteiger charge is 2.34. The van der Waals surface area contributed by atoms with Gasteiger partial charge in [-0.05, 0) is 12.1 Å². The molecule has 1 heterocycles. The highest BCUT2D eigenvalue weighted by Crippen LogP contribution is 2.20. The van der Waals surface area contributed by atoms with Crippen molar-refractivity contribution in [1.29, 1.82) is 0 Å². The van der Waals surface area contributed by atoms with E-state index in [-0.39, 0.29) is 18.4 Å². The molecule has 20 heavy (non-hydrogen) atoms. The van der Waals surface area contributed by atoms with E-state index in [0.29, 0.717) is 17.2 Å². The van der Waals surface area contributed by atoms with Crippen molar-refractivity contribution in [2.75, 3.05) is 18.2 Å². The van der Waals surface area contributed by atoms with Gasteiger partial charge in [-0.15, -0.1) is 11.8 Å². The van der Waals surface area contributed by atoms with Crippen LogP contribution in [-0.2, 0) is 9.59 Å². The van der Waals surface area contributed by atoms with Crippen LogP contribution in [0.4, 0.5) is 0 Å². The van der Waals surface area contributed by atoms with E-state index in [4.69, 9.17) is 5.11 Å². The van der Waals surface area contributed by atoms with Crippen molar-refractivity contribution >= 4 is 29.5 Å². The lowest BCUT2D eigenvalue weighted by atomic mass is 10.2. The Kier molecular flexibility index (Phi) is 4.62. The highest BCUT2D eigenvalue weighted by atomic mass is 32.2. The van der Waals surface area contributed by atoms with Gasteiger partial charge < -0.3 is 15.3 Å². The Balaban J connectivity index is 1.89. The topological polar surface area (TPSA) is 86.7 Å². The fraction of sp³-hybridized carbons (Fsp3) is 0.308. The maximum Gasteiger partial charge on any atom is 0.327 e. The summed E-state index contributed by atoms with van der Waals surface area (Å²) in [7, 11) is 0. The molecule has 0 aliphatic carbocycles. The number of hydrogen-bond acceptors (Lipinski definition) is 4. The second-order valence-electron chi connectivity index (χ2n) is 4.27. The summed E-state index contributed by atoms with van der Waals surface area (Å²) in [6.07, 6.45) is 0. The van der Waals surface area contributed by atoms with Crippen LogP contribution < -0.4 is 5.32 Å². The first kappa shape index (κ1) is 14.4. The lowest BCUT2D eigenvalue weighted by Gasteiger charge is -2.20. The molecule has 1 fully saturated rings. The Morgan fingerprint density at radius 2 is 2.00 bits per heavy atom. The van der Waals surface area contributed by atoms with E-state index < -0.39 is 12.0 Å². The normalized spacial score (nSPS) is 17.8. The van der Waals surface area contributed by atoms with Crippen molar-refractivity contribution in [2.45, 2.75) is 6.04 Å². The molecule has 0 saturated carbocycles. The van der Waals surface area contributed by atoms with E-state index in [1.165, 1.54) is 16.7 Å². The molecule has 2 rings (SSSR count). The van der Waals surface area contributed by atoms with Crippen LogP contribution in [-0.4, -0.2) is 52.0 Å². The van der Waals surface area contributed by atoms with E-state index in [1.54, 1.807) is 30.3 Å². The third-order valence-electron chi connectivity index (χ3n) is 2.92. The third-order valence-corrected chi connectivity index (χ3v) is 3.94. The molecule has 0 radical (unpaired) electrons. The fourth-order valence-corrected chi connectivity index (χ4v) is 3.01. The standard InChI is InChI=1S/C13H14N2O4S/c16-11(15-8-20-7-10(15)13(18)19)6-14-12(17)9-4-2-1-3-5-9/h1-5,10H,6-8H2,(H,14,17)(H,18,19). The van der Waals surface area contributed by atoms with Crippen molar-refractivity contribution in [3.63, 3.8) is 0 Å². The molecule has 106 valence electrons. The number of hydrogen-bond donors (Lipinski definition) is 2. The van der Waals surface area contributed by atoms with E-state index in [9.17, 15) is 14.4 Å². The number of nitrogens with zero attached hydrogens (tertiary/aromatic N) is 1. The number of aliphatic carboxylic acids is 1. The molecule has 1 aromatic carbocycles. The summed E-state index contributed by atoms with van der Waals surface area (Å²) in [5.74, 6) is -1.02. The Labute approximate surface area is 120 Å². The molecule has 0 spiro atoms. The molecule has 6 nitrogen and oxygen atoms in total. The Morgan fingerprint density at radius 3 is 2.65 bits per heavy atom. The smallest absolute Gasteiger partial charge is 0.327 e. The summed E-state index contributed by atoms with van der Waals surface area (Å²) in [5, 5.41) is 11.5. The zero-order valence-electron chi connectivity index (χ0n) is 10.6. The van der Waals surface area contributed by atoms with E-state index in [2.05, 4.69) is 5.32 Å². The van der Waals surface area contributed by atoms with E-state index in [0.717, 1.165) is 0 Å². The van der Waals surface area contributed by atoms with E-state index >= 15 is 0 Å². The van der Waals surface area contributed by atoms with E-state index in [1.807, 2.05) is 0 Å². The maximum atomic E-state index is 11.9. The predicted octanol–water partition coefficient (Wildman–Crippen LogP) is 0.403. The number of nitrogens with one attached hydrogen (secondary N) is 1. The number of thioether (sulfide) groups is 1. The van der Waals surface area contributed by atoms with Gasteiger partial charge >= 0.3 is 5.97 Å². The second-order valence-corrected chi connectivity index (χ2v) is 5.27. The third kappa shape index (κ3) is 3.30. The molecular weight excluding hydrogens is 280 g/mol. The number of benzene rings is 1. The van der Waals surface area contributed by atoms with Crippen LogP contribution in [0.3, 0.4) is 0 Å². The Hall–Kier alpha value is -2.02. The molecule has 1 aliphatic rings.